The standard InChI is InChI=1S/C31H24O4/c32-31(33)21-34-30-18-15-24(22-13-16-28(17-14-22)35-27-10-2-1-3-11-27)19-26(30)20-25-9-6-8-23-7-4-5-12-29(23)25/h1-19H,20-21H2,(H,32,33). The van der Waals surface area contributed by atoms with Crippen LogP contribution in [0.2, 0.25) is 0 Å². The zero-order valence-electron chi connectivity index (χ0n) is 19.1. The highest BCUT2D eigenvalue weighted by atomic mass is 16.5. The van der Waals surface area contributed by atoms with Gasteiger partial charge in [-0.25, -0.2) is 4.79 Å². The molecule has 0 saturated heterocycles. The Bertz CT molecular complexity index is 1450. The second-order valence-electron chi connectivity index (χ2n) is 8.26. The van der Waals surface area contributed by atoms with Crippen molar-refractivity contribution in [3.05, 3.63) is 126 Å². The van der Waals surface area contributed by atoms with Crippen LogP contribution < -0.4 is 9.47 Å². The molecular formula is C31H24O4. The number of hydrogen-bond acceptors (Lipinski definition) is 3. The molecule has 0 atom stereocenters. The maximum atomic E-state index is 11.1. The van der Waals surface area contributed by atoms with Crippen LogP contribution in [0.25, 0.3) is 21.9 Å². The van der Waals surface area contributed by atoms with Gasteiger partial charge in [0.25, 0.3) is 0 Å². The van der Waals surface area contributed by atoms with E-state index in [0.717, 1.165) is 33.8 Å². The number of benzene rings is 5. The molecule has 0 aliphatic heterocycles. The number of ether oxygens (including phenoxy) is 2. The van der Waals surface area contributed by atoms with Gasteiger partial charge in [-0.1, -0.05) is 78.9 Å². The van der Waals surface area contributed by atoms with Crippen LogP contribution in [0, 0.1) is 0 Å². The maximum Gasteiger partial charge on any atom is 0.341 e. The van der Waals surface area contributed by atoms with Crippen molar-refractivity contribution < 1.29 is 19.4 Å². The lowest BCUT2D eigenvalue weighted by molar-refractivity contribution is -0.139. The summed E-state index contributed by atoms with van der Waals surface area (Å²) in [5, 5.41) is 11.5. The van der Waals surface area contributed by atoms with Crippen molar-refractivity contribution in [3.8, 4) is 28.4 Å². The smallest absolute Gasteiger partial charge is 0.341 e. The highest BCUT2D eigenvalue weighted by Gasteiger charge is 2.12. The molecule has 0 saturated carbocycles. The minimum absolute atomic E-state index is 0.382. The SMILES string of the molecule is O=C(O)COc1ccc(-c2ccc(Oc3ccccc3)cc2)cc1Cc1cccc2ccccc12. The van der Waals surface area contributed by atoms with Gasteiger partial charge < -0.3 is 14.6 Å². The van der Waals surface area contributed by atoms with E-state index >= 15 is 0 Å². The first-order valence-corrected chi connectivity index (χ1v) is 11.4. The van der Waals surface area contributed by atoms with Crippen molar-refractivity contribution in [2.75, 3.05) is 6.61 Å². The Balaban J connectivity index is 1.46. The Morgan fingerprint density at radius 2 is 1.34 bits per heavy atom. The summed E-state index contributed by atoms with van der Waals surface area (Å²) in [6.07, 6.45) is 0.624. The molecule has 0 bridgehead atoms. The van der Waals surface area contributed by atoms with Gasteiger partial charge in [0.05, 0.1) is 0 Å². The number of carbonyl (C=O) groups is 1. The lowest BCUT2D eigenvalue weighted by Gasteiger charge is -2.14. The van der Waals surface area contributed by atoms with Crippen LogP contribution >= 0.6 is 0 Å². The number of para-hydroxylation sites is 1. The Kier molecular flexibility index (Phi) is 6.44. The van der Waals surface area contributed by atoms with Crippen molar-refractivity contribution >= 4 is 16.7 Å². The van der Waals surface area contributed by atoms with Crippen molar-refractivity contribution in [2.45, 2.75) is 6.42 Å². The van der Waals surface area contributed by atoms with Gasteiger partial charge in [-0.15, -0.1) is 0 Å². The fraction of sp³-hybridized carbons (Fsp3) is 0.0645. The number of carboxylic acids is 1. The first kappa shape index (κ1) is 22.2. The molecule has 0 unspecified atom stereocenters. The largest absolute Gasteiger partial charge is 0.482 e. The molecule has 5 aromatic rings. The molecule has 0 spiro atoms. The molecular weight excluding hydrogens is 436 g/mol. The summed E-state index contributed by atoms with van der Waals surface area (Å²) in [7, 11) is 0. The summed E-state index contributed by atoms with van der Waals surface area (Å²) in [5.41, 5.74) is 4.15. The van der Waals surface area contributed by atoms with Gasteiger partial charge in [0, 0.05) is 6.42 Å². The zero-order valence-corrected chi connectivity index (χ0v) is 19.1. The van der Waals surface area contributed by atoms with Gasteiger partial charge in [-0.2, -0.15) is 0 Å². The minimum Gasteiger partial charge on any atom is -0.482 e. The van der Waals surface area contributed by atoms with Crippen LogP contribution in [0.4, 0.5) is 0 Å². The average Bonchev–Trinajstić information content (AvgIpc) is 2.89. The third kappa shape index (κ3) is 5.33. The third-order valence-electron chi connectivity index (χ3n) is 5.84. The van der Waals surface area contributed by atoms with E-state index < -0.39 is 5.97 Å². The molecule has 0 heterocycles. The molecule has 0 amide bonds. The highest BCUT2D eigenvalue weighted by molar-refractivity contribution is 5.86. The molecule has 0 aromatic heterocycles. The molecule has 4 heteroatoms. The number of fused-ring (bicyclic) bond motifs is 1. The molecule has 35 heavy (non-hydrogen) atoms. The number of rotatable bonds is 8. The van der Waals surface area contributed by atoms with Gasteiger partial charge in [0.1, 0.15) is 17.2 Å². The topological polar surface area (TPSA) is 55.8 Å². The molecule has 4 nitrogen and oxygen atoms in total. The maximum absolute atomic E-state index is 11.1. The molecule has 172 valence electrons. The van der Waals surface area contributed by atoms with Crippen molar-refractivity contribution in [1.82, 2.24) is 0 Å². The van der Waals surface area contributed by atoms with Gasteiger partial charge in [-0.3, -0.25) is 0 Å². The summed E-state index contributed by atoms with van der Waals surface area (Å²) in [6, 6.07) is 38.0. The molecule has 0 aliphatic rings. The number of hydrogen-bond donors (Lipinski definition) is 1. The quantitative estimate of drug-likeness (QED) is 0.263. The predicted molar refractivity (Wildman–Crippen MR) is 138 cm³/mol. The van der Waals surface area contributed by atoms with Crippen molar-refractivity contribution in [3.63, 3.8) is 0 Å². The van der Waals surface area contributed by atoms with Gasteiger partial charge in [0.15, 0.2) is 6.61 Å². The van der Waals surface area contributed by atoms with E-state index in [9.17, 15) is 4.79 Å². The van der Waals surface area contributed by atoms with Crippen LogP contribution in [-0.4, -0.2) is 17.7 Å². The first-order chi connectivity index (χ1) is 17.2. The molecule has 0 aliphatic carbocycles. The zero-order chi connectivity index (χ0) is 24.0. The molecule has 5 rings (SSSR count). The van der Waals surface area contributed by atoms with Crippen molar-refractivity contribution in [1.29, 1.82) is 0 Å². The van der Waals surface area contributed by atoms with Crippen LogP contribution in [-0.2, 0) is 11.2 Å². The Morgan fingerprint density at radius 1 is 0.657 bits per heavy atom. The Labute approximate surface area is 204 Å². The summed E-state index contributed by atoms with van der Waals surface area (Å²) in [4.78, 5) is 11.1. The fourth-order valence-corrected chi connectivity index (χ4v) is 4.17. The predicted octanol–water partition coefficient (Wildman–Crippen LogP) is 7.35. The van der Waals surface area contributed by atoms with E-state index in [1.165, 1.54) is 10.8 Å². The Hall–Kier alpha value is -4.57. The van der Waals surface area contributed by atoms with Crippen LogP contribution in [0.5, 0.6) is 17.2 Å². The summed E-state index contributed by atoms with van der Waals surface area (Å²) >= 11 is 0. The number of aliphatic carboxylic acids is 1. The molecule has 0 radical (unpaired) electrons. The molecule has 0 fully saturated rings. The second kappa shape index (κ2) is 10.1. The average molecular weight is 461 g/mol. The lowest BCUT2D eigenvalue weighted by atomic mass is 9.95. The molecule has 5 aromatic carbocycles. The third-order valence-corrected chi connectivity index (χ3v) is 5.84. The van der Waals surface area contributed by atoms with E-state index in [0.29, 0.717) is 12.2 Å². The normalized spacial score (nSPS) is 10.7. The Morgan fingerprint density at radius 3 is 2.14 bits per heavy atom. The summed E-state index contributed by atoms with van der Waals surface area (Å²) in [5.74, 6) is 1.13. The van der Waals surface area contributed by atoms with E-state index in [1.54, 1.807) is 0 Å². The first-order valence-electron chi connectivity index (χ1n) is 11.4. The monoisotopic (exact) mass is 460 g/mol. The van der Waals surface area contributed by atoms with E-state index in [2.05, 4.69) is 30.3 Å². The van der Waals surface area contributed by atoms with Gasteiger partial charge in [-0.05, 0) is 69.4 Å². The fourth-order valence-electron chi connectivity index (χ4n) is 4.17. The summed E-state index contributed by atoms with van der Waals surface area (Å²) in [6.45, 7) is -0.382. The molecule has 1 N–H and O–H groups in total. The van der Waals surface area contributed by atoms with Crippen molar-refractivity contribution in [2.24, 2.45) is 0 Å². The van der Waals surface area contributed by atoms with Crippen LogP contribution in [0.15, 0.2) is 115 Å². The minimum atomic E-state index is -1.00. The highest BCUT2D eigenvalue weighted by Crippen LogP contribution is 2.32. The lowest BCUT2D eigenvalue weighted by Crippen LogP contribution is -2.10. The van der Waals surface area contributed by atoms with Gasteiger partial charge >= 0.3 is 5.97 Å². The number of carboxylic acid groups (broad SMARTS) is 1. The van der Waals surface area contributed by atoms with Crippen LogP contribution in [0.3, 0.4) is 0 Å². The van der Waals surface area contributed by atoms with Crippen LogP contribution in [0.1, 0.15) is 11.1 Å². The second-order valence-corrected chi connectivity index (χ2v) is 8.26. The van der Waals surface area contributed by atoms with Gasteiger partial charge in [0.2, 0.25) is 0 Å². The summed E-state index contributed by atoms with van der Waals surface area (Å²) < 4.78 is 11.6. The van der Waals surface area contributed by atoms with E-state index in [-0.39, 0.29) is 6.61 Å². The van der Waals surface area contributed by atoms with E-state index in [1.807, 2.05) is 84.9 Å². The van der Waals surface area contributed by atoms with E-state index in [4.69, 9.17) is 14.6 Å².